The summed E-state index contributed by atoms with van der Waals surface area (Å²) in [7, 11) is 2.24. The number of rotatable bonds is 0. The zero-order valence-corrected chi connectivity index (χ0v) is 9.58. The molecule has 0 bridgehead atoms. The van der Waals surface area contributed by atoms with Crippen molar-refractivity contribution in [2.24, 2.45) is 5.92 Å². The van der Waals surface area contributed by atoms with Crippen LogP contribution in [0.3, 0.4) is 0 Å². The molecule has 2 rings (SSSR count). The van der Waals surface area contributed by atoms with Crippen molar-refractivity contribution in [3.63, 3.8) is 0 Å². The average Bonchev–Trinajstić information content (AvgIpc) is 2.48. The second-order valence-electron chi connectivity index (χ2n) is 4.25. The van der Waals surface area contributed by atoms with Gasteiger partial charge in [0.15, 0.2) is 0 Å². The van der Waals surface area contributed by atoms with Gasteiger partial charge in [-0.15, -0.1) is 0 Å². The Morgan fingerprint density at radius 3 is 2.46 bits per heavy atom. The van der Waals surface area contributed by atoms with Crippen LogP contribution in [0.15, 0.2) is 0 Å². The van der Waals surface area contributed by atoms with E-state index >= 15 is 0 Å². The second-order valence-corrected chi connectivity index (χ2v) is 4.25. The SMILES string of the molecule is CC.CC1C[C@H]2CN(C)CCN2C1. The highest BCUT2D eigenvalue weighted by Gasteiger charge is 2.32. The van der Waals surface area contributed by atoms with E-state index < -0.39 is 0 Å². The Kier molecular flexibility index (Phi) is 4.20. The number of nitrogens with zero attached hydrogens (tertiary/aromatic N) is 2. The van der Waals surface area contributed by atoms with Crippen LogP contribution in [0.4, 0.5) is 0 Å². The van der Waals surface area contributed by atoms with Crippen molar-refractivity contribution in [1.82, 2.24) is 9.80 Å². The van der Waals surface area contributed by atoms with Gasteiger partial charge in [-0.05, 0) is 19.4 Å². The highest BCUT2D eigenvalue weighted by atomic mass is 15.3. The molecule has 0 amide bonds. The van der Waals surface area contributed by atoms with Crippen molar-refractivity contribution in [2.45, 2.75) is 33.2 Å². The molecule has 2 heterocycles. The van der Waals surface area contributed by atoms with Crippen LogP contribution in [-0.4, -0.2) is 49.1 Å². The minimum absolute atomic E-state index is 0.878. The number of fused-ring (bicyclic) bond motifs is 1. The molecule has 0 spiro atoms. The summed E-state index contributed by atoms with van der Waals surface area (Å²) in [6, 6.07) is 0.878. The Hall–Kier alpha value is -0.0800. The summed E-state index contributed by atoms with van der Waals surface area (Å²) in [5, 5.41) is 0. The molecule has 0 radical (unpaired) electrons. The predicted molar refractivity (Wildman–Crippen MR) is 58.0 cm³/mol. The van der Waals surface area contributed by atoms with Gasteiger partial charge in [-0.2, -0.15) is 0 Å². The molecule has 0 N–H and O–H groups in total. The van der Waals surface area contributed by atoms with Crippen LogP contribution >= 0.6 is 0 Å². The number of hydrogen-bond acceptors (Lipinski definition) is 2. The molecule has 0 aromatic carbocycles. The van der Waals surface area contributed by atoms with Crippen molar-refractivity contribution >= 4 is 0 Å². The molecule has 0 aliphatic carbocycles. The van der Waals surface area contributed by atoms with E-state index in [0.717, 1.165) is 12.0 Å². The minimum atomic E-state index is 0.878. The molecule has 2 atom stereocenters. The monoisotopic (exact) mass is 184 g/mol. The first-order valence-corrected chi connectivity index (χ1v) is 5.68. The molecular weight excluding hydrogens is 160 g/mol. The Morgan fingerprint density at radius 1 is 1.08 bits per heavy atom. The van der Waals surface area contributed by atoms with E-state index in [0.29, 0.717) is 0 Å². The molecular formula is C11H24N2. The van der Waals surface area contributed by atoms with Crippen LogP contribution in [0.2, 0.25) is 0 Å². The lowest BCUT2D eigenvalue weighted by Gasteiger charge is -2.35. The van der Waals surface area contributed by atoms with Gasteiger partial charge >= 0.3 is 0 Å². The fourth-order valence-electron chi connectivity index (χ4n) is 2.45. The second kappa shape index (κ2) is 4.97. The Balaban J connectivity index is 0.000000396. The number of piperazine rings is 1. The van der Waals surface area contributed by atoms with Crippen LogP contribution in [0.1, 0.15) is 27.2 Å². The van der Waals surface area contributed by atoms with Crippen molar-refractivity contribution in [3.8, 4) is 0 Å². The Labute approximate surface area is 82.9 Å². The van der Waals surface area contributed by atoms with Gasteiger partial charge in [0.1, 0.15) is 0 Å². The third kappa shape index (κ3) is 2.68. The largest absolute Gasteiger partial charge is 0.304 e. The topological polar surface area (TPSA) is 6.48 Å². The zero-order chi connectivity index (χ0) is 9.84. The maximum absolute atomic E-state index is 2.66. The van der Waals surface area contributed by atoms with Gasteiger partial charge < -0.3 is 4.90 Å². The zero-order valence-electron chi connectivity index (χ0n) is 9.58. The van der Waals surface area contributed by atoms with Gasteiger partial charge in [0.2, 0.25) is 0 Å². The van der Waals surface area contributed by atoms with Crippen molar-refractivity contribution in [2.75, 3.05) is 33.2 Å². The molecule has 2 aliphatic heterocycles. The molecule has 2 aliphatic rings. The van der Waals surface area contributed by atoms with E-state index in [1.807, 2.05) is 13.8 Å². The first-order chi connectivity index (χ1) is 6.25. The lowest BCUT2D eigenvalue weighted by Crippen LogP contribution is -2.48. The fourth-order valence-corrected chi connectivity index (χ4v) is 2.45. The Morgan fingerprint density at radius 2 is 1.77 bits per heavy atom. The minimum Gasteiger partial charge on any atom is -0.304 e. The van der Waals surface area contributed by atoms with E-state index in [2.05, 4.69) is 23.8 Å². The molecule has 1 unspecified atom stereocenters. The summed E-state index contributed by atoms with van der Waals surface area (Å²) in [4.78, 5) is 5.11. The average molecular weight is 184 g/mol. The van der Waals surface area contributed by atoms with Crippen molar-refractivity contribution in [3.05, 3.63) is 0 Å². The molecule has 0 aromatic heterocycles. The van der Waals surface area contributed by atoms with Gasteiger partial charge in [0, 0.05) is 32.2 Å². The van der Waals surface area contributed by atoms with Crippen molar-refractivity contribution in [1.29, 1.82) is 0 Å². The summed E-state index contributed by atoms with van der Waals surface area (Å²) in [5.41, 5.74) is 0. The highest BCUT2D eigenvalue weighted by molar-refractivity contribution is 4.88. The lowest BCUT2D eigenvalue weighted by molar-refractivity contribution is 0.124. The summed E-state index contributed by atoms with van der Waals surface area (Å²) in [6.07, 6.45) is 1.42. The normalized spacial score (nSPS) is 35.1. The summed E-state index contributed by atoms with van der Waals surface area (Å²) < 4.78 is 0. The molecule has 0 saturated carbocycles. The van der Waals surface area contributed by atoms with Crippen molar-refractivity contribution < 1.29 is 0 Å². The smallest absolute Gasteiger partial charge is 0.0226 e. The summed E-state index contributed by atoms with van der Waals surface area (Å²) >= 11 is 0. The molecule has 2 nitrogen and oxygen atoms in total. The summed E-state index contributed by atoms with van der Waals surface area (Å²) in [5.74, 6) is 0.937. The first-order valence-electron chi connectivity index (χ1n) is 5.68. The standard InChI is InChI=1S/C9H18N2.C2H6/c1-8-5-9-7-10(2)3-4-11(9)6-8;1-2/h8-9H,3-7H2,1-2H3;1-2H3/t8?,9-;/m0./s1. The Bertz CT molecular complexity index is 147. The summed E-state index contributed by atoms with van der Waals surface area (Å²) in [6.45, 7) is 11.6. The lowest BCUT2D eigenvalue weighted by atomic mass is 10.1. The molecule has 2 saturated heterocycles. The number of likely N-dealkylation sites (N-methyl/N-ethyl adjacent to an activating group) is 1. The molecule has 78 valence electrons. The van der Waals surface area contributed by atoms with Crippen LogP contribution in [-0.2, 0) is 0 Å². The molecule has 2 fully saturated rings. The van der Waals surface area contributed by atoms with Crippen LogP contribution in [0, 0.1) is 5.92 Å². The maximum Gasteiger partial charge on any atom is 0.0226 e. The van der Waals surface area contributed by atoms with Crippen LogP contribution < -0.4 is 0 Å². The predicted octanol–water partition coefficient (Wildman–Crippen LogP) is 1.67. The third-order valence-corrected chi connectivity index (χ3v) is 3.03. The van der Waals surface area contributed by atoms with E-state index in [1.54, 1.807) is 0 Å². The highest BCUT2D eigenvalue weighted by Crippen LogP contribution is 2.24. The van der Waals surface area contributed by atoms with E-state index in [4.69, 9.17) is 0 Å². The van der Waals surface area contributed by atoms with Gasteiger partial charge in [-0.1, -0.05) is 20.8 Å². The number of hydrogen-bond donors (Lipinski definition) is 0. The molecule has 0 aromatic rings. The van der Waals surface area contributed by atoms with E-state index in [9.17, 15) is 0 Å². The quantitative estimate of drug-likeness (QED) is 0.565. The molecule has 2 heteroatoms. The maximum atomic E-state index is 2.66. The van der Waals surface area contributed by atoms with Gasteiger partial charge in [0.05, 0.1) is 0 Å². The third-order valence-electron chi connectivity index (χ3n) is 3.03. The fraction of sp³-hybridized carbons (Fsp3) is 1.00. The van der Waals surface area contributed by atoms with Gasteiger partial charge in [0.25, 0.3) is 0 Å². The van der Waals surface area contributed by atoms with Gasteiger partial charge in [-0.3, -0.25) is 4.90 Å². The van der Waals surface area contributed by atoms with Crippen LogP contribution in [0.5, 0.6) is 0 Å². The first kappa shape index (κ1) is 11.0. The van der Waals surface area contributed by atoms with Crippen LogP contribution in [0.25, 0.3) is 0 Å². The molecule has 13 heavy (non-hydrogen) atoms. The van der Waals surface area contributed by atoms with E-state index in [1.165, 1.54) is 32.6 Å². The van der Waals surface area contributed by atoms with Gasteiger partial charge in [-0.25, -0.2) is 0 Å². The van der Waals surface area contributed by atoms with E-state index in [-0.39, 0.29) is 0 Å².